The fraction of sp³-hybridized carbons (Fsp3) is 0.800. The molecule has 2 amide bonds. The van der Waals surface area contributed by atoms with Crippen molar-refractivity contribution < 1.29 is 24.2 Å². The molecule has 0 aromatic rings. The summed E-state index contributed by atoms with van der Waals surface area (Å²) in [5, 5.41) is 9.23. The van der Waals surface area contributed by atoms with E-state index in [1.807, 2.05) is 0 Å². The molecule has 2 saturated heterocycles. The average molecular weight is 295 g/mol. The van der Waals surface area contributed by atoms with Crippen molar-refractivity contribution in [2.24, 2.45) is 11.3 Å². The Balaban J connectivity index is 1.85. The van der Waals surface area contributed by atoms with Crippen molar-refractivity contribution in [1.29, 1.82) is 0 Å². The quantitative estimate of drug-likeness (QED) is 0.773. The molecule has 0 radical (unpaired) electrons. The van der Waals surface area contributed by atoms with Crippen LogP contribution in [0.15, 0.2) is 0 Å². The van der Waals surface area contributed by atoms with Crippen molar-refractivity contribution in [3.8, 4) is 0 Å². The lowest BCUT2D eigenvalue weighted by Crippen LogP contribution is -2.48. The number of rotatable bonds is 2. The van der Waals surface area contributed by atoms with Crippen LogP contribution in [0.3, 0.4) is 0 Å². The number of hydrogen-bond donors (Lipinski definition) is 1. The Morgan fingerprint density at radius 2 is 1.81 bits per heavy atom. The van der Waals surface area contributed by atoms with Gasteiger partial charge in [-0.25, -0.2) is 0 Å². The normalized spacial score (nSPS) is 32.7. The molecule has 2 atom stereocenters. The van der Waals surface area contributed by atoms with Crippen molar-refractivity contribution in [2.45, 2.75) is 51.0 Å². The van der Waals surface area contributed by atoms with Gasteiger partial charge in [0.25, 0.3) is 0 Å². The summed E-state index contributed by atoms with van der Waals surface area (Å²) in [6.07, 6.45) is 5.89. The van der Waals surface area contributed by atoms with E-state index in [1.165, 1.54) is 4.90 Å². The van der Waals surface area contributed by atoms with E-state index in [4.69, 9.17) is 4.74 Å². The van der Waals surface area contributed by atoms with Crippen LogP contribution in [0.25, 0.3) is 0 Å². The molecule has 2 heterocycles. The number of carbonyl (C=O) groups is 3. The van der Waals surface area contributed by atoms with E-state index in [0.717, 1.165) is 38.5 Å². The minimum absolute atomic E-state index is 0.0735. The zero-order chi connectivity index (χ0) is 15.0. The molecule has 2 unspecified atom stereocenters. The highest BCUT2D eigenvalue weighted by molar-refractivity contribution is 6.06. The first-order valence-electron chi connectivity index (χ1n) is 7.72. The van der Waals surface area contributed by atoms with E-state index in [9.17, 15) is 19.5 Å². The van der Waals surface area contributed by atoms with Gasteiger partial charge < -0.3 is 9.84 Å². The third-order valence-corrected chi connectivity index (χ3v) is 5.19. The Bertz CT molecular complexity index is 467. The van der Waals surface area contributed by atoms with Crippen molar-refractivity contribution >= 4 is 17.8 Å². The second kappa shape index (κ2) is 5.40. The van der Waals surface area contributed by atoms with Crippen molar-refractivity contribution in [1.82, 2.24) is 4.90 Å². The van der Waals surface area contributed by atoms with Crippen LogP contribution in [0.4, 0.5) is 0 Å². The molecular formula is C15H21NO5. The van der Waals surface area contributed by atoms with Gasteiger partial charge in [0.1, 0.15) is 5.92 Å². The topological polar surface area (TPSA) is 83.9 Å². The molecule has 1 saturated carbocycles. The van der Waals surface area contributed by atoms with Crippen molar-refractivity contribution in [3.05, 3.63) is 0 Å². The Labute approximate surface area is 123 Å². The van der Waals surface area contributed by atoms with Gasteiger partial charge in [-0.1, -0.05) is 25.7 Å². The van der Waals surface area contributed by atoms with Crippen LogP contribution < -0.4 is 0 Å². The van der Waals surface area contributed by atoms with Gasteiger partial charge in [-0.05, 0) is 12.8 Å². The van der Waals surface area contributed by atoms with Crippen LogP contribution in [0, 0.1) is 11.3 Å². The van der Waals surface area contributed by atoms with Crippen LogP contribution in [-0.2, 0) is 19.1 Å². The van der Waals surface area contributed by atoms with E-state index in [0.29, 0.717) is 0 Å². The predicted octanol–water partition coefficient (Wildman–Crippen LogP) is 1.19. The van der Waals surface area contributed by atoms with Gasteiger partial charge in [-0.15, -0.1) is 0 Å². The molecule has 6 nitrogen and oxygen atoms in total. The van der Waals surface area contributed by atoms with Crippen molar-refractivity contribution in [2.75, 3.05) is 13.2 Å². The Hall–Kier alpha value is -1.43. The molecule has 21 heavy (non-hydrogen) atoms. The average Bonchev–Trinajstić information content (AvgIpc) is 2.89. The first-order valence-corrected chi connectivity index (χ1v) is 7.72. The molecule has 3 aliphatic rings. The first-order chi connectivity index (χ1) is 10.1. The number of carbonyl (C=O) groups excluding carboxylic acids is 2. The second-order valence-corrected chi connectivity index (χ2v) is 6.49. The molecule has 2 aliphatic heterocycles. The zero-order valence-electron chi connectivity index (χ0n) is 12.0. The minimum Gasteiger partial charge on any atom is -0.481 e. The van der Waals surface area contributed by atoms with Gasteiger partial charge in [-0.3, -0.25) is 19.3 Å². The minimum atomic E-state index is -1.00. The highest BCUT2D eigenvalue weighted by Gasteiger charge is 2.55. The summed E-state index contributed by atoms with van der Waals surface area (Å²) in [5.74, 6) is -2.17. The Morgan fingerprint density at radius 3 is 2.43 bits per heavy atom. The van der Waals surface area contributed by atoms with Gasteiger partial charge in [-0.2, -0.15) is 0 Å². The van der Waals surface area contributed by atoms with Crippen molar-refractivity contribution in [3.63, 3.8) is 0 Å². The number of carboxylic acid groups (broad SMARTS) is 1. The third kappa shape index (κ3) is 2.35. The standard InChI is InChI=1S/C15H21NO5/c17-12-7-15(5-3-1-2-4-6-15)14(20)16(12)11-9-21-8-10(11)13(18)19/h10-11H,1-9H2,(H,18,19). The highest BCUT2D eigenvalue weighted by Crippen LogP contribution is 2.45. The lowest BCUT2D eigenvalue weighted by Gasteiger charge is -2.28. The predicted molar refractivity (Wildman–Crippen MR) is 72.3 cm³/mol. The molecule has 3 rings (SSSR count). The molecule has 6 heteroatoms. The first kappa shape index (κ1) is 14.5. The highest BCUT2D eigenvalue weighted by atomic mass is 16.5. The zero-order valence-corrected chi connectivity index (χ0v) is 12.0. The molecule has 1 aliphatic carbocycles. The molecule has 116 valence electrons. The number of imide groups is 1. The summed E-state index contributed by atoms with van der Waals surface area (Å²) in [5.41, 5.74) is -0.570. The number of ether oxygens (including phenoxy) is 1. The third-order valence-electron chi connectivity index (χ3n) is 5.19. The molecule has 3 fully saturated rings. The maximum absolute atomic E-state index is 12.9. The van der Waals surface area contributed by atoms with E-state index < -0.39 is 23.3 Å². The number of hydrogen-bond acceptors (Lipinski definition) is 4. The fourth-order valence-electron chi connectivity index (χ4n) is 3.98. The van der Waals surface area contributed by atoms with Crippen LogP contribution >= 0.6 is 0 Å². The lowest BCUT2D eigenvalue weighted by atomic mass is 9.79. The van der Waals surface area contributed by atoms with Gasteiger partial charge >= 0.3 is 5.97 Å². The number of amides is 2. The SMILES string of the molecule is O=C(O)C1COCC1N1C(=O)CC2(CCCCCC2)C1=O. The van der Waals surface area contributed by atoms with Gasteiger partial charge in [0, 0.05) is 6.42 Å². The summed E-state index contributed by atoms with van der Waals surface area (Å²) in [4.78, 5) is 37.7. The molecule has 0 bridgehead atoms. The smallest absolute Gasteiger partial charge is 0.311 e. The van der Waals surface area contributed by atoms with E-state index in [1.54, 1.807) is 0 Å². The fourth-order valence-corrected chi connectivity index (χ4v) is 3.98. The number of likely N-dealkylation sites (tertiary alicyclic amines) is 1. The second-order valence-electron chi connectivity index (χ2n) is 6.49. The maximum atomic E-state index is 12.9. The molecule has 1 N–H and O–H groups in total. The van der Waals surface area contributed by atoms with E-state index in [2.05, 4.69) is 0 Å². The van der Waals surface area contributed by atoms with Gasteiger partial charge in [0.15, 0.2) is 0 Å². The van der Waals surface area contributed by atoms with Gasteiger partial charge in [0.2, 0.25) is 11.8 Å². The lowest BCUT2D eigenvalue weighted by molar-refractivity contribution is -0.149. The summed E-state index contributed by atoms with van der Waals surface area (Å²) >= 11 is 0. The van der Waals surface area contributed by atoms with Crippen LogP contribution in [0.2, 0.25) is 0 Å². The summed E-state index contributed by atoms with van der Waals surface area (Å²) < 4.78 is 5.21. The van der Waals surface area contributed by atoms with E-state index >= 15 is 0 Å². The number of nitrogens with zero attached hydrogens (tertiary/aromatic N) is 1. The molecule has 0 aromatic heterocycles. The van der Waals surface area contributed by atoms with Crippen LogP contribution in [0.5, 0.6) is 0 Å². The molecular weight excluding hydrogens is 274 g/mol. The summed E-state index contributed by atoms with van der Waals surface area (Å²) in [6.45, 7) is 0.217. The summed E-state index contributed by atoms with van der Waals surface area (Å²) in [6, 6.07) is -0.634. The Kier molecular flexibility index (Phi) is 3.73. The van der Waals surface area contributed by atoms with E-state index in [-0.39, 0.29) is 31.4 Å². The maximum Gasteiger partial charge on any atom is 0.311 e. The van der Waals surface area contributed by atoms with Crippen LogP contribution in [0.1, 0.15) is 44.9 Å². The largest absolute Gasteiger partial charge is 0.481 e. The number of aliphatic carboxylic acids is 1. The summed E-state index contributed by atoms with van der Waals surface area (Å²) in [7, 11) is 0. The number of carboxylic acids is 1. The van der Waals surface area contributed by atoms with Gasteiger partial charge in [0.05, 0.1) is 24.7 Å². The molecule has 0 aromatic carbocycles. The van der Waals surface area contributed by atoms with Crippen LogP contribution in [-0.4, -0.2) is 47.0 Å². The molecule has 1 spiro atoms. The monoisotopic (exact) mass is 295 g/mol. The Morgan fingerprint density at radius 1 is 1.14 bits per heavy atom.